The fourth-order valence-electron chi connectivity index (χ4n) is 1.70. The second-order valence-electron chi connectivity index (χ2n) is 4.00. The first kappa shape index (κ1) is 11.6. The van der Waals surface area contributed by atoms with E-state index in [4.69, 9.17) is 4.42 Å². The summed E-state index contributed by atoms with van der Waals surface area (Å²) in [4.78, 5) is 16.0. The molecule has 0 unspecified atom stereocenters. The molecule has 90 valence electrons. The molecule has 0 saturated carbocycles. The Morgan fingerprint density at radius 2 is 2.29 bits per heavy atom. The van der Waals surface area contributed by atoms with Crippen LogP contribution >= 0.6 is 0 Å². The van der Waals surface area contributed by atoms with Crippen molar-refractivity contribution in [3.8, 4) is 0 Å². The topological polar surface area (TPSA) is 48.0 Å². The number of Topliss-reactive ketones (excluding diaryl/α,β-unsaturated/α-hetero) is 1. The van der Waals surface area contributed by atoms with Gasteiger partial charge < -0.3 is 8.98 Å². The summed E-state index contributed by atoms with van der Waals surface area (Å²) in [5.74, 6) is 2.26. The molecule has 17 heavy (non-hydrogen) atoms. The number of nitrogens with zero attached hydrogens (tertiary/aromatic N) is 2. The Hall–Kier alpha value is -1.84. The van der Waals surface area contributed by atoms with Crippen LogP contribution in [0.1, 0.15) is 35.5 Å². The minimum Gasteiger partial charge on any atom is -0.458 e. The van der Waals surface area contributed by atoms with E-state index in [2.05, 4.69) is 4.98 Å². The Balaban J connectivity index is 1.95. The summed E-state index contributed by atoms with van der Waals surface area (Å²) in [5, 5.41) is 0. The van der Waals surface area contributed by atoms with Gasteiger partial charge in [0.15, 0.2) is 11.5 Å². The van der Waals surface area contributed by atoms with Crippen LogP contribution in [0, 0.1) is 0 Å². The molecule has 0 aromatic carbocycles. The molecule has 0 aliphatic rings. The molecule has 0 bridgehead atoms. The van der Waals surface area contributed by atoms with Crippen molar-refractivity contribution in [1.29, 1.82) is 0 Å². The third-order valence-corrected chi connectivity index (χ3v) is 2.78. The Bertz CT molecular complexity index is 511. The van der Waals surface area contributed by atoms with Crippen LogP contribution in [0.4, 0.5) is 0 Å². The fraction of sp³-hybridized carbons (Fsp3) is 0.385. The van der Waals surface area contributed by atoms with E-state index in [0.717, 1.165) is 18.0 Å². The lowest BCUT2D eigenvalue weighted by Crippen LogP contribution is -2.03. The molecule has 0 spiro atoms. The van der Waals surface area contributed by atoms with Gasteiger partial charge in [0.25, 0.3) is 0 Å². The molecule has 4 heteroatoms. The molecule has 0 radical (unpaired) electrons. The van der Waals surface area contributed by atoms with Crippen LogP contribution in [-0.4, -0.2) is 15.3 Å². The smallest absolute Gasteiger partial charge is 0.198 e. The first-order chi connectivity index (χ1) is 8.20. The van der Waals surface area contributed by atoms with E-state index in [-0.39, 0.29) is 5.78 Å². The summed E-state index contributed by atoms with van der Waals surface area (Å²) >= 11 is 0. The van der Waals surface area contributed by atoms with Crippen molar-refractivity contribution < 1.29 is 9.21 Å². The van der Waals surface area contributed by atoms with Crippen molar-refractivity contribution >= 4 is 5.78 Å². The summed E-state index contributed by atoms with van der Waals surface area (Å²) in [6.07, 6.45) is 5.50. The van der Waals surface area contributed by atoms with Crippen LogP contribution in [-0.2, 0) is 19.9 Å². The van der Waals surface area contributed by atoms with E-state index in [1.54, 1.807) is 12.3 Å². The van der Waals surface area contributed by atoms with Crippen LogP contribution in [0.3, 0.4) is 0 Å². The van der Waals surface area contributed by atoms with E-state index in [9.17, 15) is 4.79 Å². The van der Waals surface area contributed by atoms with Crippen LogP contribution in [0.5, 0.6) is 0 Å². The van der Waals surface area contributed by atoms with Gasteiger partial charge >= 0.3 is 0 Å². The first-order valence-electron chi connectivity index (χ1n) is 5.78. The van der Waals surface area contributed by atoms with Gasteiger partial charge in [-0.2, -0.15) is 0 Å². The average molecular weight is 232 g/mol. The van der Waals surface area contributed by atoms with Crippen molar-refractivity contribution in [3.63, 3.8) is 0 Å². The van der Waals surface area contributed by atoms with Gasteiger partial charge in [0.2, 0.25) is 0 Å². The van der Waals surface area contributed by atoms with E-state index in [0.29, 0.717) is 18.6 Å². The zero-order chi connectivity index (χ0) is 12.3. The Morgan fingerprint density at radius 3 is 2.88 bits per heavy atom. The van der Waals surface area contributed by atoms with E-state index >= 15 is 0 Å². The largest absolute Gasteiger partial charge is 0.458 e. The number of ketones is 1. The molecule has 2 rings (SSSR count). The number of aromatic nitrogens is 2. The monoisotopic (exact) mass is 232 g/mol. The van der Waals surface area contributed by atoms with Gasteiger partial charge in [-0.25, -0.2) is 4.98 Å². The minimum absolute atomic E-state index is 0.0349. The second kappa shape index (κ2) is 4.99. The summed E-state index contributed by atoms with van der Waals surface area (Å²) < 4.78 is 7.34. The lowest BCUT2D eigenvalue weighted by Gasteiger charge is -2.00. The van der Waals surface area contributed by atoms with E-state index in [1.807, 2.05) is 30.8 Å². The standard InChI is InChI=1S/C13H16N2O2/c1-3-10-4-6-12(17-10)11(16)5-7-13-14-8-9-15(13)2/h4,6,8-9H,3,5,7H2,1-2H3. The summed E-state index contributed by atoms with van der Waals surface area (Å²) in [7, 11) is 1.93. The SMILES string of the molecule is CCc1ccc(C(=O)CCc2nccn2C)o1. The number of carbonyl (C=O) groups is 1. The summed E-state index contributed by atoms with van der Waals surface area (Å²) in [5.41, 5.74) is 0. The molecule has 2 aromatic rings. The number of aryl methyl sites for hydroxylation is 3. The van der Waals surface area contributed by atoms with Gasteiger partial charge in [-0.1, -0.05) is 6.92 Å². The van der Waals surface area contributed by atoms with Gasteiger partial charge in [0.1, 0.15) is 11.6 Å². The molecule has 0 aliphatic carbocycles. The summed E-state index contributed by atoms with van der Waals surface area (Å²) in [6, 6.07) is 3.60. The van der Waals surface area contributed by atoms with Gasteiger partial charge in [-0.3, -0.25) is 4.79 Å². The fourth-order valence-corrected chi connectivity index (χ4v) is 1.70. The highest BCUT2D eigenvalue weighted by Gasteiger charge is 2.11. The van der Waals surface area contributed by atoms with Crippen molar-refractivity contribution in [2.24, 2.45) is 7.05 Å². The highest BCUT2D eigenvalue weighted by atomic mass is 16.3. The van der Waals surface area contributed by atoms with E-state index in [1.165, 1.54) is 0 Å². The number of furan rings is 1. The Morgan fingerprint density at radius 1 is 1.47 bits per heavy atom. The number of hydrogen-bond acceptors (Lipinski definition) is 3. The predicted octanol–water partition coefficient (Wildman–Crippen LogP) is 2.39. The summed E-state index contributed by atoms with van der Waals surface area (Å²) in [6.45, 7) is 2.00. The molecule has 2 heterocycles. The number of carbonyl (C=O) groups excluding carboxylic acids is 1. The van der Waals surface area contributed by atoms with Crippen LogP contribution < -0.4 is 0 Å². The highest BCUT2D eigenvalue weighted by Crippen LogP contribution is 2.12. The van der Waals surface area contributed by atoms with Crippen molar-refractivity contribution in [3.05, 3.63) is 41.9 Å². The molecule has 0 saturated heterocycles. The molecule has 0 fully saturated rings. The Kier molecular flexibility index (Phi) is 3.42. The third-order valence-electron chi connectivity index (χ3n) is 2.78. The van der Waals surface area contributed by atoms with Crippen LogP contribution in [0.25, 0.3) is 0 Å². The molecule has 2 aromatic heterocycles. The minimum atomic E-state index is 0.0349. The maximum atomic E-state index is 11.8. The molecule has 0 amide bonds. The molecule has 4 nitrogen and oxygen atoms in total. The van der Waals surface area contributed by atoms with Crippen LogP contribution in [0.2, 0.25) is 0 Å². The number of hydrogen-bond donors (Lipinski definition) is 0. The van der Waals surface area contributed by atoms with Crippen molar-refractivity contribution in [2.75, 3.05) is 0 Å². The zero-order valence-electron chi connectivity index (χ0n) is 10.1. The van der Waals surface area contributed by atoms with Crippen LogP contribution in [0.15, 0.2) is 28.9 Å². The number of imidazole rings is 1. The Labute approximate surface area is 100 Å². The molecular weight excluding hydrogens is 216 g/mol. The lowest BCUT2D eigenvalue weighted by molar-refractivity contribution is 0.0953. The van der Waals surface area contributed by atoms with Crippen molar-refractivity contribution in [2.45, 2.75) is 26.2 Å². The molecular formula is C13H16N2O2. The quantitative estimate of drug-likeness (QED) is 0.744. The average Bonchev–Trinajstić information content (AvgIpc) is 2.94. The normalized spacial score (nSPS) is 10.7. The third kappa shape index (κ3) is 2.64. The van der Waals surface area contributed by atoms with E-state index < -0.39 is 0 Å². The highest BCUT2D eigenvalue weighted by molar-refractivity contribution is 5.93. The first-order valence-corrected chi connectivity index (χ1v) is 5.78. The van der Waals surface area contributed by atoms with Gasteiger partial charge in [0.05, 0.1) is 0 Å². The molecule has 0 N–H and O–H groups in total. The molecule has 0 aliphatic heterocycles. The number of rotatable bonds is 5. The van der Waals surface area contributed by atoms with Crippen molar-refractivity contribution in [1.82, 2.24) is 9.55 Å². The van der Waals surface area contributed by atoms with Gasteiger partial charge in [0, 0.05) is 38.7 Å². The van der Waals surface area contributed by atoms with Gasteiger partial charge in [-0.15, -0.1) is 0 Å². The second-order valence-corrected chi connectivity index (χ2v) is 4.00. The molecule has 0 atom stereocenters. The predicted molar refractivity (Wildman–Crippen MR) is 63.9 cm³/mol. The zero-order valence-corrected chi connectivity index (χ0v) is 10.1. The maximum Gasteiger partial charge on any atom is 0.198 e. The van der Waals surface area contributed by atoms with Gasteiger partial charge in [-0.05, 0) is 12.1 Å². The maximum absolute atomic E-state index is 11.8. The lowest BCUT2D eigenvalue weighted by atomic mass is 10.2.